The average Bonchev–Trinajstić information content (AvgIpc) is 1.95. The summed E-state index contributed by atoms with van der Waals surface area (Å²) in [5, 5.41) is 9.22. The zero-order chi connectivity index (χ0) is 10.5. The number of hydrogen-bond donors (Lipinski definition) is 1. The van der Waals surface area contributed by atoms with E-state index in [0.29, 0.717) is 6.42 Å². The molecular weight excluding hydrogens is 192 g/mol. The summed E-state index contributed by atoms with van der Waals surface area (Å²) in [6.45, 7) is 5.11. The molecule has 2 atom stereocenters. The molecule has 0 saturated carbocycles. The molecule has 0 spiro atoms. The molecule has 0 saturated heterocycles. The highest BCUT2D eigenvalue weighted by molar-refractivity contribution is 7.85. The summed E-state index contributed by atoms with van der Waals surface area (Å²) < 4.78 is 25.8. The van der Waals surface area contributed by atoms with Gasteiger partial charge in [-0.05, 0) is 13.3 Å². The van der Waals surface area contributed by atoms with Gasteiger partial charge in [0.25, 0.3) is 10.1 Å². The second kappa shape index (κ2) is 5.36. The third-order valence-corrected chi connectivity index (χ3v) is 2.21. The molecule has 78 valence electrons. The molecule has 4 nitrogen and oxygen atoms in total. The van der Waals surface area contributed by atoms with Crippen LogP contribution in [-0.4, -0.2) is 32.5 Å². The van der Waals surface area contributed by atoms with Gasteiger partial charge < -0.3 is 5.11 Å². The standard InChI is InChI=1S/C8H16O4S/c1-4-5-8(7(2)9)6-12-13(3,10)11/h4,7-9H,1,5-6H2,2-3H3. The molecule has 0 aliphatic carbocycles. The van der Waals surface area contributed by atoms with Crippen LogP contribution in [0.5, 0.6) is 0 Å². The van der Waals surface area contributed by atoms with Gasteiger partial charge in [-0.15, -0.1) is 6.58 Å². The van der Waals surface area contributed by atoms with Gasteiger partial charge in [0.2, 0.25) is 0 Å². The van der Waals surface area contributed by atoms with Crippen molar-refractivity contribution in [3.8, 4) is 0 Å². The summed E-state index contributed by atoms with van der Waals surface area (Å²) in [6, 6.07) is 0. The lowest BCUT2D eigenvalue weighted by Gasteiger charge is -2.16. The van der Waals surface area contributed by atoms with Gasteiger partial charge in [-0.25, -0.2) is 0 Å². The first-order valence-electron chi connectivity index (χ1n) is 4.00. The molecule has 0 fully saturated rings. The summed E-state index contributed by atoms with van der Waals surface area (Å²) in [4.78, 5) is 0. The highest BCUT2D eigenvalue weighted by atomic mass is 32.2. The molecule has 0 aliphatic heterocycles. The van der Waals surface area contributed by atoms with Crippen LogP contribution in [0.1, 0.15) is 13.3 Å². The average molecular weight is 208 g/mol. The zero-order valence-corrected chi connectivity index (χ0v) is 8.75. The Balaban J connectivity index is 4.04. The van der Waals surface area contributed by atoms with Gasteiger partial charge >= 0.3 is 0 Å². The van der Waals surface area contributed by atoms with E-state index in [-0.39, 0.29) is 12.5 Å². The maximum atomic E-state index is 10.6. The first-order chi connectivity index (χ1) is 5.87. The van der Waals surface area contributed by atoms with Crippen LogP contribution in [-0.2, 0) is 14.3 Å². The maximum Gasteiger partial charge on any atom is 0.264 e. The van der Waals surface area contributed by atoms with Gasteiger partial charge in [0.1, 0.15) is 0 Å². The zero-order valence-electron chi connectivity index (χ0n) is 7.93. The topological polar surface area (TPSA) is 63.6 Å². The second-order valence-electron chi connectivity index (χ2n) is 3.01. The summed E-state index contributed by atoms with van der Waals surface area (Å²) >= 11 is 0. The van der Waals surface area contributed by atoms with Gasteiger partial charge in [-0.3, -0.25) is 4.18 Å². The number of hydrogen-bond acceptors (Lipinski definition) is 4. The third kappa shape index (κ3) is 6.74. The first-order valence-corrected chi connectivity index (χ1v) is 5.82. The van der Waals surface area contributed by atoms with Crippen molar-refractivity contribution < 1.29 is 17.7 Å². The fourth-order valence-electron chi connectivity index (χ4n) is 0.829. The van der Waals surface area contributed by atoms with Crippen molar-refractivity contribution in [3.05, 3.63) is 12.7 Å². The van der Waals surface area contributed by atoms with Gasteiger partial charge in [-0.2, -0.15) is 8.42 Å². The van der Waals surface area contributed by atoms with E-state index in [1.165, 1.54) is 0 Å². The summed E-state index contributed by atoms with van der Waals surface area (Å²) in [5.41, 5.74) is 0. The van der Waals surface area contributed by atoms with E-state index in [4.69, 9.17) is 0 Å². The monoisotopic (exact) mass is 208 g/mol. The molecule has 0 aromatic rings. The molecule has 0 heterocycles. The quantitative estimate of drug-likeness (QED) is 0.511. The summed E-state index contributed by atoms with van der Waals surface area (Å²) in [5.74, 6) is -0.216. The van der Waals surface area contributed by atoms with Crippen LogP contribution < -0.4 is 0 Å². The van der Waals surface area contributed by atoms with Gasteiger partial charge in [0.15, 0.2) is 0 Å². The van der Waals surface area contributed by atoms with E-state index in [1.807, 2.05) is 0 Å². The Bertz CT molecular complexity index is 243. The molecule has 0 radical (unpaired) electrons. The van der Waals surface area contributed by atoms with E-state index in [1.54, 1.807) is 13.0 Å². The second-order valence-corrected chi connectivity index (χ2v) is 4.66. The molecule has 5 heteroatoms. The number of rotatable bonds is 6. The Labute approximate surface area is 79.3 Å². The van der Waals surface area contributed by atoms with E-state index >= 15 is 0 Å². The van der Waals surface area contributed by atoms with E-state index in [9.17, 15) is 13.5 Å². The van der Waals surface area contributed by atoms with Crippen LogP contribution in [0.15, 0.2) is 12.7 Å². The Morgan fingerprint density at radius 3 is 2.46 bits per heavy atom. The number of aliphatic hydroxyl groups excluding tert-OH is 1. The predicted octanol–water partition coefficient (Wildman–Crippen LogP) is 0.536. The molecule has 0 aliphatic rings. The Morgan fingerprint density at radius 1 is 1.62 bits per heavy atom. The van der Waals surface area contributed by atoms with Gasteiger partial charge in [0.05, 0.1) is 19.0 Å². The molecule has 0 aromatic heterocycles. The minimum atomic E-state index is -3.42. The Kier molecular flexibility index (Phi) is 5.20. The first kappa shape index (κ1) is 12.6. The minimum Gasteiger partial charge on any atom is -0.393 e. The van der Waals surface area contributed by atoms with Gasteiger partial charge in [-0.1, -0.05) is 6.08 Å². The van der Waals surface area contributed by atoms with Crippen molar-refractivity contribution in [3.63, 3.8) is 0 Å². The summed E-state index contributed by atoms with van der Waals surface area (Å²) in [6.07, 6.45) is 2.55. The molecule has 0 aromatic carbocycles. The normalized spacial score (nSPS) is 16.5. The SMILES string of the molecule is C=CCC(COS(C)(=O)=O)C(C)O. The van der Waals surface area contributed by atoms with E-state index < -0.39 is 16.2 Å². The lowest BCUT2D eigenvalue weighted by Crippen LogP contribution is -2.23. The molecule has 0 rings (SSSR count). The van der Waals surface area contributed by atoms with Crippen molar-refractivity contribution in [2.45, 2.75) is 19.4 Å². The van der Waals surface area contributed by atoms with Crippen LogP contribution in [0.4, 0.5) is 0 Å². The van der Waals surface area contributed by atoms with Crippen LogP contribution in [0.3, 0.4) is 0 Å². The maximum absolute atomic E-state index is 10.6. The lowest BCUT2D eigenvalue weighted by atomic mass is 10.0. The van der Waals surface area contributed by atoms with Crippen LogP contribution >= 0.6 is 0 Å². The number of allylic oxidation sites excluding steroid dienone is 1. The van der Waals surface area contributed by atoms with Crippen molar-refractivity contribution in [1.29, 1.82) is 0 Å². The lowest BCUT2D eigenvalue weighted by molar-refractivity contribution is 0.0930. The fourth-order valence-corrected chi connectivity index (χ4v) is 1.25. The molecule has 1 N–H and O–H groups in total. The van der Waals surface area contributed by atoms with E-state index in [2.05, 4.69) is 10.8 Å². The smallest absolute Gasteiger partial charge is 0.264 e. The number of aliphatic hydroxyl groups is 1. The molecule has 2 unspecified atom stereocenters. The fraction of sp³-hybridized carbons (Fsp3) is 0.750. The highest BCUT2D eigenvalue weighted by Gasteiger charge is 2.15. The highest BCUT2D eigenvalue weighted by Crippen LogP contribution is 2.10. The van der Waals surface area contributed by atoms with Crippen molar-refractivity contribution >= 4 is 10.1 Å². The van der Waals surface area contributed by atoms with Crippen molar-refractivity contribution in [2.75, 3.05) is 12.9 Å². The summed E-state index contributed by atoms with van der Waals surface area (Å²) in [7, 11) is -3.42. The molecule has 0 amide bonds. The van der Waals surface area contributed by atoms with E-state index in [0.717, 1.165) is 6.26 Å². The minimum absolute atomic E-state index is 0.00250. The van der Waals surface area contributed by atoms with Crippen LogP contribution in [0.25, 0.3) is 0 Å². The predicted molar refractivity (Wildman–Crippen MR) is 50.8 cm³/mol. The molecular formula is C8H16O4S. The van der Waals surface area contributed by atoms with Crippen LogP contribution in [0, 0.1) is 5.92 Å². The molecule has 13 heavy (non-hydrogen) atoms. The van der Waals surface area contributed by atoms with Crippen molar-refractivity contribution in [2.24, 2.45) is 5.92 Å². The Hall–Kier alpha value is -0.390. The third-order valence-electron chi connectivity index (χ3n) is 1.65. The largest absolute Gasteiger partial charge is 0.393 e. The molecule has 0 bridgehead atoms. The Morgan fingerprint density at radius 2 is 2.15 bits per heavy atom. The van der Waals surface area contributed by atoms with Gasteiger partial charge in [0, 0.05) is 5.92 Å². The van der Waals surface area contributed by atoms with Crippen molar-refractivity contribution in [1.82, 2.24) is 0 Å². The van der Waals surface area contributed by atoms with Crippen LogP contribution in [0.2, 0.25) is 0 Å².